The Morgan fingerprint density at radius 1 is 0.970 bits per heavy atom. The van der Waals surface area contributed by atoms with Crippen LogP contribution in [0.25, 0.3) is 0 Å². The Morgan fingerprint density at radius 2 is 1.67 bits per heavy atom. The number of benzene rings is 2. The molecule has 3 aromatic rings. The number of hydrogen-bond donors (Lipinski definition) is 3. The highest BCUT2D eigenvalue weighted by Crippen LogP contribution is 2.33. The van der Waals surface area contributed by atoms with E-state index in [1.807, 2.05) is 0 Å². The smallest absolute Gasteiger partial charge is 0.306 e. The van der Waals surface area contributed by atoms with Crippen molar-refractivity contribution in [2.24, 2.45) is 0 Å². The Kier molecular flexibility index (Phi) is 7.27. The van der Waals surface area contributed by atoms with Crippen LogP contribution in [-0.2, 0) is 22.5 Å². The summed E-state index contributed by atoms with van der Waals surface area (Å²) in [5.74, 6) is -1.26. The zero-order valence-electron chi connectivity index (χ0n) is 18.7. The third kappa shape index (κ3) is 5.28. The molecule has 1 atom stereocenters. The van der Waals surface area contributed by atoms with Gasteiger partial charge in [0.25, 0.3) is 5.56 Å². The summed E-state index contributed by atoms with van der Waals surface area (Å²) < 4.78 is 11.5. The Morgan fingerprint density at radius 3 is 2.27 bits per heavy atom. The van der Waals surface area contributed by atoms with Crippen molar-refractivity contribution in [3.8, 4) is 23.0 Å². The van der Waals surface area contributed by atoms with E-state index in [2.05, 4.69) is 0 Å². The number of aromatic nitrogens is 1. The van der Waals surface area contributed by atoms with Crippen molar-refractivity contribution in [2.45, 2.75) is 32.2 Å². The van der Waals surface area contributed by atoms with Gasteiger partial charge in [-0.25, -0.2) is 0 Å². The lowest BCUT2D eigenvalue weighted by molar-refractivity contribution is -0.140. The van der Waals surface area contributed by atoms with Crippen LogP contribution >= 0.6 is 0 Å². The number of carbonyl (C=O) groups excluding carboxylic acids is 1. The fourth-order valence-electron chi connectivity index (χ4n) is 3.81. The van der Waals surface area contributed by atoms with E-state index < -0.39 is 17.4 Å². The molecule has 0 bridgehead atoms. The van der Waals surface area contributed by atoms with Crippen LogP contribution in [0.15, 0.2) is 53.3 Å². The minimum Gasteiger partial charge on any atom is -0.507 e. The molecule has 0 fully saturated rings. The van der Waals surface area contributed by atoms with Crippen LogP contribution < -0.4 is 10.3 Å². The maximum absolute atomic E-state index is 13.5. The van der Waals surface area contributed by atoms with Crippen molar-refractivity contribution in [3.63, 3.8) is 0 Å². The van der Waals surface area contributed by atoms with Gasteiger partial charge in [-0.05, 0) is 54.8 Å². The van der Waals surface area contributed by atoms with E-state index >= 15 is 0 Å². The van der Waals surface area contributed by atoms with Gasteiger partial charge < -0.3 is 29.4 Å². The molecule has 0 aliphatic heterocycles. The molecule has 0 aliphatic carbocycles. The Hall–Kier alpha value is -3.94. The van der Waals surface area contributed by atoms with Crippen LogP contribution in [0.4, 0.5) is 0 Å². The Balaban J connectivity index is 2.03. The van der Waals surface area contributed by atoms with Crippen molar-refractivity contribution in [1.82, 2.24) is 4.57 Å². The molecule has 3 N–H and O–H groups in total. The molecule has 3 rings (SSSR count). The lowest BCUT2D eigenvalue weighted by atomic mass is 9.88. The Bertz CT molecular complexity index is 1200. The molecule has 0 radical (unpaired) electrons. The quantitative estimate of drug-likeness (QED) is 0.354. The maximum Gasteiger partial charge on any atom is 0.306 e. The summed E-state index contributed by atoms with van der Waals surface area (Å²) >= 11 is 0. The number of hydrogen-bond acceptors (Lipinski definition) is 7. The van der Waals surface area contributed by atoms with Crippen LogP contribution in [0.3, 0.4) is 0 Å². The molecule has 0 saturated carbocycles. The van der Waals surface area contributed by atoms with Gasteiger partial charge in [-0.15, -0.1) is 0 Å². The minimum atomic E-state index is -0.722. The summed E-state index contributed by atoms with van der Waals surface area (Å²) in [6.45, 7) is 1.98. The highest BCUT2D eigenvalue weighted by atomic mass is 16.5. The van der Waals surface area contributed by atoms with Crippen LogP contribution in [0.5, 0.6) is 23.0 Å². The highest BCUT2D eigenvalue weighted by Gasteiger charge is 2.26. The second-order valence-electron chi connectivity index (χ2n) is 7.72. The number of ether oxygens (including phenoxy) is 2. The van der Waals surface area contributed by atoms with Gasteiger partial charge in [0.2, 0.25) is 0 Å². The molecule has 0 saturated heterocycles. The molecule has 8 nitrogen and oxygen atoms in total. The van der Waals surface area contributed by atoms with Crippen LogP contribution in [-0.4, -0.2) is 40.1 Å². The first kappa shape index (κ1) is 23.7. The van der Waals surface area contributed by atoms with E-state index in [9.17, 15) is 24.9 Å². The van der Waals surface area contributed by atoms with Crippen LogP contribution in [0.2, 0.25) is 0 Å². The van der Waals surface area contributed by atoms with E-state index in [4.69, 9.17) is 9.47 Å². The number of methoxy groups -OCH3 is 2. The summed E-state index contributed by atoms with van der Waals surface area (Å²) in [5, 5.41) is 29.9. The van der Waals surface area contributed by atoms with Gasteiger partial charge in [0.1, 0.15) is 11.5 Å². The van der Waals surface area contributed by atoms with Crippen molar-refractivity contribution in [3.05, 3.63) is 81.3 Å². The average Bonchev–Trinajstić information content (AvgIpc) is 2.80. The van der Waals surface area contributed by atoms with Gasteiger partial charge in [-0.2, -0.15) is 0 Å². The first-order valence-electron chi connectivity index (χ1n) is 10.4. The topological polar surface area (TPSA) is 118 Å². The molecule has 0 spiro atoms. The molecular weight excluding hydrogens is 426 g/mol. The molecule has 0 aliphatic rings. The molecule has 1 aromatic heterocycles. The fourth-order valence-corrected chi connectivity index (χ4v) is 3.81. The number of aryl methyl sites for hydroxylation is 2. The molecule has 0 amide bonds. The molecule has 33 heavy (non-hydrogen) atoms. The lowest BCUT2D eigenvalue weighted by Gasteiger charge is -2.21. The van der Waals surface area contributed by atoms with Gasteiger partial charge in [-0.1, -0.05) is 18.2 Å². The average molecular weight is 453 g/mol. The van der Waals surface area contributed by atoms with Crippen molar-refractivity contribution in [2.75, 3.05) is 14.2 Å². The van der Waals surface area contributed by atoms with E-state index in [0.717, 1.165) is 5.56 Å². The third-order valence-corrected chi connectivity index (χ3v) is 5.65. The first-order valence-corrected chi connectivity index (χ1v) is 10.4. The molecular formula is C25H27NO7. The predicted octanol–water partition coefficient (Wildman–Crippen LogP) is 3.22. The second-order valence-corrected chi connectivity index (χ2v) is 7.72. The molecule has 8 heteroatoms. The summed E-state index contributed by atoms with van der Waals surface area (Å²) in [6, 6.07) is 12.9. The number of carbonyl (C=O) groups is 1. The van der Waals surface area contributed by atoms with E-state index in [0.29, 0.717) is 23.4 Å². The number of pyridine rings is 1. The molecule has 174 valence electrons. The monoisotopic (exact) mass is 453 g/mol. The molecule has 2 aromatic carbocycles. The van der Waals surface area contributed by atoms with E-state index in [1.54, 1.807) is 44.4 Å². The largest absolute Gasteiger partial charge is 0.507 e. The van der Waals surface area contributed by atoms with Gasteiger partial charge in [0.05, 0.1) is 26.2 Å². The number of phenols is 2. The number of esters is 1. The number of nitrogens with zero attached hydrogens (tertiary/aromatic N) is 1. The van der Waals surface area contributed by atoms with Gasteiger partial charge in [0, 0.05) is 18.2 Å². The number of phenolic OH excluding ortho intramolecular Hbond substituents is 2. The predicted molar refractivity (Wildman–Crippen MR) is 122 cm³/mol. The summed E-state index contributed by atoms with van der Waals surface area (Å²) in [7, 11) is 2.81. The molecule has 1 unspecified atom stereocenters. The highest BCUT2D eigenvalue weighted by molar-refractivity contribution is 5.71. The third-order valence-electron chi connectivity index (χ3n) is 5.65. The van der Waals surface area contributed by atoms with Gasteiger partial charge in [-0.3, -0.25) is 9.59 Å². The summed E-state index contributed by atoms with van der Waals surface area (Å²) in [4.78, 5) is 25.7. The minimum absolute atomic E-state index is 0.102. The normalized spacial score (nSPS) is 11.7. The van der Waals surface area contributed by atoms with Crippen molar-refractivity contribution in [1.29, 1.82) is 0 Å². The van der Waals surface area contributed by atoms with Crippen LogP contribution in [0.1, 0.15) is 34.7 Å². The van der Waals surface area contributed by atoms with Gasteiger partial charge >= 0.3 is 5.97 Å². The first-order chi connectivity index (χ1) is 15.7. The summed E-state index contributed by atoms with van der Waals surface area (Å²) in [6.07, 6.45) is 0.281. The number of aromatic hydroxyl groups is 3. The Labute approximate surface area is 191 Å². The zero-order valence-corrected chi connectivity index (χ0v) is 18.7. The van der Waals surface area contributed by atoms with E-state index in [-0.39, 0.29) is 35.8 Å². The SMILES string of the molecule is COC(=O)CC(c1ccc(OC)cc1)c1c(O)cc(C)n(CCc2ccc(O)c(O)c2)c1=O. The summed E-state index contributed by atoms with van der Waals surface area (Å²) in [5.41, 5.74) is 1.63. The van der Waals surface area contributed by atoms with Crippen molar-refractivity contribution >= 4 is 5.97 Å². The second kappa shape index (κ2) is 10.1. The maximum atomic E-state index is 13.5. The standard InChI is InChI=1S/C25H27NO7/c1-15-12-22(29)24(19(14-23(30)33-3)17-5-7-18(32-2)8-6-17)25(31)26(15)11-10-16-4-9-20(27)21(28)13-16/h4-9,12-13,19,27-29H,10-11,14H2,1-3H3. The number of rotatable bonds is 8. The van der Waals surface area contributed by atoms with Gasteiger partial charge in [0.15, 0.2) is 11.5 Å². The van der Waals surface area contributed by atoms with Crippen molar-refractivity contribution < 1.29 is 29.6 Å². The fraction of sp³-hybridized carbons (Fsp3) is 0.280. The van der Waals surface area contributed by atoms with Crippen LogP contribution in [0, 0.1) is 6.92 Å². The molecule has 1 heterocycles. The lowest BCUT2D eigenvalue weighted by Crippen LogP contribution is -2.29. The van der Waals surface area contributed by atoms with E-state index in [1.165, 1.54) is 29.9 Å². The zero-order chi connectivity index (χ0) is 24.1.